The normalized spacial score (nSPS) is 27.4. The van der Waals surface area contributed by atoms with Crippen molar-refractivity contribution >= 4 is 12.0 Å². The van der Waals surface area contributed by atoms with Crippen molar-refractivity contribution in [3.63, 3.8) is 0 Å². The van der Waals surface area contributed by atoms with Gasteiger partial charge in [0.05, 0.1) is 0 Å². The molecule has 198 valence electrons. The second-order valence-electron chi connectivity index (χ2n) is 9.99. The minimum absolute atomic E-state index is 0.00289. The molecule has 8 nitrogen and oxygen atoms in total. The molecule has 0 radical (unpaired) electrons. The topological polar surface area (TPSA) is 84.9 Å². The fourth-order valence-electron chi connectivity index (χ4n) is 6.02. The van der Waals surface area contributed by atoms with Crippen LogP contribution in [0.3, 0.4) is 0 Å². The number of halogens is 6. The average Bonchev–Trinajstić information content (AvgIpc) is 3.52. The molecular formula is C23H23F6N7O. The van der Waals surface area contributed by atoms with Crippen LogP contribution in [0.25, 0.3) is 0 Å². The average molecular weight is 527 g/mol. The van der Waals surface area contributed by atoms with E-state index in [1.807, 2.05) is 4.90 Å². The summed E-state index contributed by atoms with van der Waals surface area (Å²) < 4.78 is 89.6. The maximum Gasteiger partial charge on any atom is 0.410 e. The molecule has 3 aliphatic rings. The number of fused-ring (bicyclic) bond motifs is 3. The van der Waals surface area contributed by atoms with Gasteiger partial charge in [-0.3, -0.25) is 0 Å². The Labute approximate surface area is 207 Å². The minimum Gasteiger partial charge on any atom is -0.350 e. The van der Waals surface area contributed by atoms with Gasteiger partial charge in [-0.2, -0.15) is 23.1 Å². The summed E-state index contributed by atoms with van der Waals surface area (Å²) in [5.41, 5.74) is -0.247. The van der Waals surface area contributed by atoms with E-state index in [9.17, 15) is 26.3 Å². The Morgan fingerprint density at radius 2 is 1.70 bits per heavy atom. The fraction of sp³-hybridized carbons (Fsp3) is 0.565. The molecular weight excluding hydrogens is 504 g/mol. The van der Waals surface area contributed by atoms with Gasteiger partial charge >= 0.3 is 12.2 Å². The van der Waals surface area contributed by atoms with E-state index in [2.05, 4.69) is 25.5 Å². The maximum atomic E-state index is 14.6. The first kappa shape index (κ1) is 24.0. The number of nitrogens with zero attached hydrogens (tertiary/aromatic N) is 6. The number of aromatic nitrogens is 5. The van der Waals surface area contributed by atoms with E-state index in [0.29, 0.717) is 24.9 Å². The predicted octanol–water partition coefficient (Wildman–Crippen LogP) is 4.74. The van der Waals surface area contributed by atoms with Gasteiger partial charge in [-0.15, -0.1) is 5.10 Å². The van der Waals surface area contributed by atoms with Crippen LogP contribution in [0, 0.1) is 36.2 Å². The molecule has 1 aliphatic carbocycles. The van der Waals surface area contributed by atoms with Crippen LogP contribution >= 0.6 is 0 Å². The van der Waals surface area contributed by atoms with Gasteiger partial charge in [-0.25, -0.2) is 17.9 Å². The highest BCUT2D eigenvalue weighted by molar-refractivity contribution is 5.37. The van der Waals surface area contributed by atoms with Gasteiger partial charge in [0, 0.05) is 30.6 Å². The molecule has 1 saturated heterocycles. The molecule has 0 spiro atoms. The van der Waals surface area contributed by atoms with Crippen molar-refractivity contribution in [2.45, 2.75) is 56.8 Å². The van der Waals surface area contributed by atoms with Crippen LogP contribution in [-0.2, 0) is 0 Å². The lowest BCUT2D eigenvalue weighted by Crippen LogP contribution is -2.48. The number of aryl methyl sites for hydroxylation is 1. The number of rotatable bonds is 4. The van der Waals surface area contributed by atoms with Crippen LogP contribution in [-0.4, -0.2) is 50.2 Å². The fourth-order valence-corrected chi connectivity index (χ4v) is 6.02. The Bertz CT molecular complexity index is 1310. The Kier molecular flexibility index (Phi) is 5.60. The van der Waals surface area contributed by atoms with Gasteiger partial charge in [-0.05, 0) is 50.5 Å². The van der Waals surface area contributed by atoms with Crippen LogP contribution < -0.4 is 10.2 Å². The van der Waals surface area contributed by atoms with Gasteiger partial charge < -0.3 is 14.7 Å². The molecule has 2 bridgehead atoms. The molecule has 4 heterocycles. The molecule has 6 rings (SSSR count). The van der Waals surface area contributed by atoms with E-state index < -0.39 is 42.0 Å². The zero-order chi connectivity index (χ0) is 26.1. The van der Waals surface area contributed by atoms with E-state index >= 15 is 0 Å². The van der Waals surface area contributed by atoms with Crippen LogP contribution in [0.15, 0.2) is 16.7 Å². The molecule has 5 atom stereocenters. The van der Waals surface area contributed by atoms with Gasteiger partial charge in [0.2, 0.25) is 5.95 Å². The van der Waals surface area contributed by atoms with Crippen LogP contribution in [0.5, 0.6) is 0 Å². The highest BCUT2D eigenvalue weighted by atomic mass is 19.4. The van der Waals surface area contributed by atoms with Crippen LogP contribution in [0.1, 0.15) is 54.9 Å². The Morgan fingerprint density at radius 3 is 2.35 bits per heavy atom. The molecule has 2 aromatic heterocycles. The standard InChI is InChI=1S/C23H23F6N7O/c1-10-30-22(37-34-10)35-8-11-2-3-12(9-35)19(11)31-21-32-20-14(13-4-6-15(24)18(26)17(13)25)5-7-16(23(27,28)29)36(20)33-21/h4,6,11-12,14,16,19H,2-3,5,7-9H2,1H3,(H,31,33)/t11-,12+,14?,16?,19?. The van der Waals surface area contributed by atoms with E-state index in [0.717, 1.165) is 29.7 Å². The monoisotopic (exact) mass is 527 g/mol. The predicted molar refractivity (Wildman–Crippen MR) is 117 cm³/mol. The quantitative estimate of drug-likeness (QED) is 0.388. The van der Waals surface area contributed by atoms with Crippen LogP contribution in [0.2, 0.25) is 0 Å². The second-order valence-corrected chi connectivity index (χ2v) is 9.99. The molecule has 1 saturated carbocycles. The summed E-state index contributed by atoms with van der Waals surface area (Å²) in [6.07, 6.45) is -3.35. The molecule has 2 fully saturated rings. The summed E-state index contributed by atoms with van der Waals surface area (Å²) in [6.45, 7) is 2.98. The second kappa shape index (κ2) is 8.62. The summed E-state index contributed by atoms with van der Waals surface area (Å²) in [7, 11) is 0. The van der Waals surface area contributed by atoms with Crippen molar-refractivity contribution in [1.29, 1.82) is 0 Å². The first-order chi connectivity index (χ1) is 17.6. The lowest BCUT2D eigenvalue weighted by atomic mass is 9.88. The maximum absolute atomic E-state index is 14.6. The Morgan fingerprint density at radius 1 is 0.973 bits per heavy atom. The molecule has 2 aliphatic heterocycles. The largest absolute Gasteiger partial charge is 0.410 e. The summed E-state index contributed by atoms with van der Waals surface area (Å²) in [6, 6.07) is 0.211. The number of hydrogen-bond acceptors (Lipinski definition) is 7. The van der Waals surface area contributed by atoms with Crippen molar-refractivity contribution in [3.05, 3.63) is 46.8 Å². The molecule has 0 amide bonds. The molecule has 37 heavy (non-hydrogen) atoms. The van der Waals surface area contributed by atoms with E-state index in [1.54, 1.807) is 6.92 Å². The number of hydrogen-bond donors (Lipinski definition) is 1. The first-order valence-electron chi connectivity index (χ1n) is 12.1. The number of nitrogens with one attached hydrogen (secondary N) is 1. The molecule has 1 N–H and O–H groups in total. The number of piperidine rings is 1. The highest BCUT2D eigenvalue weighted by Gasteiger charge is 2.48. The smallest absolute Gasteiger partial charge is 0.350 e. The van der Waals surface area contributed by atoms with Gasteiger partial charge in [0.1, 0.15) is 11.9 Å². The van der Waals surface area contributed by atoms with Crippen molar-refractivity contribution in [1.82, 2.24) is 24.9 Å². The molecule has 3 unspecified atom stereocenters. The Hall–Kier alpha value is -3.32. The lowest BCUT2D eigenvalue weighted by molar-refractivity contribution is -0.175. The highest BCUT2D eigenvalue weighted by Crippen LogP contribution is 2.45. The third-order valence-corrected chi connectivity index (χ3v) is 7.73. The van der Waals surface area contributed by atoms with E-state index in [1.165, 1.54) is 0 Å². The first-order valence-corrected chi connectivity index (χ1v) is 12.1. The SMILES string of the molecule is Cc1noc(N2C[C@H]3CC[C@@H](C2)C3Nc2nc3n(n2)C(C(F)(F)F)CCC3c2ccc(F)c(F)c2F)n1. The summed E-state index contributed by atoms with van der Waals surface area (Å²) >= 11 is 0. The van der Waals surface area contributed by atoms with E-state index in [4.69, 9.17) is 4.52 Å². The van der Waals surface area contributed by atoms with E-state index in [-0.39, 0.29) is 41.6 Å². The summed E-state index contributed by atoms with van der Waals surface area (Å²) in [5.74, 6) is -4.78. The summed E-state index contributed by atoms with van der Waals surface area (Å²) in [4.78, 5) is 10.6. The van der Waals surface area contributed by atoms with Gasteiger partial charge in [-0.1, -0.05) is 11.2 Å². The third-order valence-electron chi connectivity index (χ3n) is 7.73. The zero-order valence-electron chi connectivity index (χ0n) is 19.6. The summed E-state index contributed by atoms with van der Waals surface area (Å²) in [5, 5.41) is 11.2. The van der Waals surface area contributed by atoms with Crippen LogP contribution in [0.4, 0.5) is 38.3 Å². The number of benzene rings is 1. The van der Waals surface area contributed by atoms with Gasteiger partial charge in [0.25, 0.3) is 0 Å². The molecule has 3 aromatic rings. The molecule has 14 heteroatoms. The van der Waals surface area contributed by atoms with Crippen molar-refractivity contribution < 1.29 is 30.9 Å². The third kappa shape index (κ3) is 4.09. The van der Waals surface area contributed by atoms with Crippen molar-refractivity contribution in [2.24, 2.45) is 11.8 Å². The zero-order valence-corrected chi connectivity index (χ0v) is 19.6. The van der Waals surface area contributed by atoms with Crippen molar-refractivity contribution in [3.8, 4) is 0 Å². The Balaban J connectivity index is 1.30. The van der Waals surface area contributed by atoms with Crippen molar-refractivity contribution in [2.75, 3.05) is 23.3 Å². The lowest BCUT2D eigenvalue weighted by Gasteiger charge is -2.37. The number of anilines is 2. The molecule has 1 aromatic carbocycles. The van der Waals surface area contributed by atoms with Gasteiger partial charge in [0.15, 0.2) is 23.3 Å². The minimum atomic E-state index is -4.61. The number of alkyl halides is 3.